The molecule has 7 heteroatoms. The Morgan fingerprint density at radius 3 is 3.00 bits per heavy atom. The van der Waals surface area contributed by atoms with Gasteiger partial charge >= 0.3 is 11.8 Å². The molecule has 7 nitrogen and oxygen atoms in total. The zero-order valence-electron chi connectivity index (χ0n) is 8.68. The quantitative estimate of drug-likeness (QED) is 0.413. The third kappa shape index (κ3) is 2.92. The van der Waals surface area contributed by atoms with Crippen molar-refractivity contribution in [1.82, 2.24) is 10.2 Å². The van der Waals surface area contributed by atoms with Crippen LogP contribution in [0, 0.1) is 11.3 Å². The van der Waals surface area contributed by atoms with Crippen LogP contribution in [0.4, 0.5) is 0 Å². The summed E-state index contributed by atoms with van der Waals surface area (Å²) in [5.41, 5.74) is 0. The zero-order valence-corrected chi connectivity index (χ0v) is 8.68. The summed E-state index contributed by atoms with van der Waals surface area (Å²) >= 11 is 0. The van der Waals surface area contributed by atoms with Crippen LogP contribution in [0.15, 0.2) is 0 Å². The van der Waals surface area contributed by atoms with E-state index in [1.165, 1.54) is 4.90 Å². The zero-order chi connectivity index (χ0) is 12.0. The summed E-state index contributed by atoms with van der Waals surface area (Å²) in [6.07, 6.45) is 0. The first-order valence-corrected chi connectivity index (χ1v) is 4.85. The van der Waals surface area contributed by atoms with Crippen molar-refractivity contribution in [3.05, 3.63) is 0 Å². The number of carbonyl (C=O) groups is 2. The number of nitriles is 1. The fourth-order valence-corrected chi connectivity index (χ4v) is 1.40. The smallest absolute Gasteiger partial charge is 0.312 e. The van der Waals surface area contributed by atoms with Gasteiger partial charge in [-0.2, -0.15) is 5.26 Å². The van der Waals surface area contributed by atoms with Crippen LogP contribution in [0.5, 0.6) is 0 Å². The lowest BCUT2D eigenvalue weighted by atomic mass is 10.2. The number of nitrogens with one attached hydrogen (secondary N) is 1. The van der Waals surface area contributed by atoms with E-state index in [0.29, 0.717) is 6.61 Å². The summed E-state index contributed by atoms with van der Waals surface area (Å²) in [7, 11) is 0. The van der Waals surface area contributed by atoms with E-state index in [-0.39, 0.29) is 26.3 Å². The molecule has 1 atom stereocenters. The number of carbonyl (C=O) groups excluding carboxylic acids is 2. The third-order valence-electron chi connectivity index (χ3n) is 2.22. The van der Waals surface area contributed by atoms with Gasteiger partial charge in [0.05, 0.1) is 31.9 Å². The molecule has 1 unspecified atom stereocenters. The Morgan fingerprint density at radius 1 is 1.62 bits per heavy atom. The summed E-state index contributed by atoms with van der Waals surface area (Å²) in [6, 6.07) is 1.21. The van der Waals surface area contributed by atoms with E-state index in [9.17, 15) is 9.59 Å². The number of rotatable bonds is 2. The lowest BCUT2D eigenvalue weighted by Gasteiger charge is -2.33. The predicted molar refractivity (Wildman–Crippen MR) is 52.0 cm³/mol. The van der Waals surface area contributed by atoms with Gasteiger partial charge in [-0.05, 0) is 0 Å². The van der Waals surface area contributed by atoms with Crippen molar-refractivity contribution in [2.24, 2.45) is 0 Å². The van der Waals surface area contributed by atoms with Gasteiger partial charge in [0.25, 0.3) is 0 Å². The minimum atomic E-state index is -0.832. The highest BCUT2D eigenvalue weighted by molar-refractivity contribution is 6.35. The highest BCUT2D eigenvalue weighted by Crippen LogP contribution is 2.06. The Hall–Kier alpha value is -1.65. The first-order valence-electron chi connectivity index (χ1n) is 4.85. The van der Waals surface area contributed by atoms with Crippen molar-refractivity contribution >= 4 is 11.8 Å². The molecule has 1 saturated heterocycles. The Morgan fingerprint density at radius 2 is 2.38 bits per heavy atom. The largest absolute Gasteiger partial charge is 0.394 e. The van der Waals surface area contributed by atoms with Crippen molar-refractivity contribution in [1.29, 1.82) is 5.26 Å². The monoisotopic (exact) mass is 227 g/mol. The second kappa shape index (κ2) is 6.05. The number of hydrogen-bond donors (Lipinski definition) is 2. The van der Waals surface area contributed by atoms with Crippen LogP contribution in [0.1, 0.15) is 0 Å². The number of nitrogens with zero attached hydrogens (tertiary/aromatic N) is 2. The minimum Gasteiger partial charge on any atom is -0.394 e. The van der Waals surface area contributed by atoms with Gasteiger partial charge in [-0.1, -0.05) is 0 Å². The molecule has 2 amide bonds. The molecule has 0 saturated carbocycles. The molecule has 2 N–H and O–H groups in total. The predicted octanol–water partition coefficient (Wildman–Crippen LogP) is -2.15. The average Bonchev–Trinajstić information content (AvgIpc) is 2.34. The molecular formula is C9H13N3O4. The van der Waals surface area contributed by atoms with E-state index < -0.39 is 17.9 Å². The first kappa shape index (κ1) is 12.4. The second-order valence-electron chi connectivity index (χ2n) is 3.25. The maximum Gasteiger partial charge on any atom is 0.312 e. The highest BCUT2D eigenvalue weighted by atomic mass is 16.5. The number of aliphatic hydroxyl groups is 1. The maximum absolute atomic E-state index is 11.6. The molecule has 0 aromatic heterocycles. The Bertz CT molecular complexity index is 312. The number of morpholine rings is 1. The molecule has 1 aliphatic heterocycles. The molecule has 1 heterocycles. The van der Waals surface area contributed by atoms with E-state index >= 15 is 0 Å². The van der Waals surface area contributed by atoms with Crippen LogP contribution < -0.4 is 5.32 Å². The summed E-state index contributed by atoms with van der Waals surface area (Å²) in [5, 5.41) is 19.4. The maximum atomic E-state index is 11.6. The van der Waals surface area contributed by atoms with Gasteiger partial charge in [0.1, 0.15) is 6.54 Å². The van der Waals surface area contributed by atoms with Crippen molar-refractivity contribution < 1.29 is 19.4 Å². The molecule has 0 bridgehead atoms. The fraction of sp³-hybridized carbons (Fsp3) is 0.667. The van der Waals surface area contributed by atoms with Crippen molar-refractivity contribution in [3.8, 4) is 6.07 Å². The first-order chi connectivity index (χ1) is 7.70. The van der Waals surface area contributed by atoms with E-state index in [0.717, 1.165) is 0 Å². The van der Waals surface area contributed by atoms with Crippen LogP contribution >= 0.6 is 0 Å². The molecule has 16 heavy (non-hydrogen) atoms. The highest BCUT2D eigenvalue weighted by Gasteiger charge is 2.30. The molecule has 0 aromatic carbocycles. The molecular weight excluding hydrogens is 214 g/mol. The molecule has 0 aliphatic carbocycles. The Balaban J connectivity index is 2.57. The molecule has 0 aromatic rings. The molecule has 0 radical (unpaired) electrons. The number of hydrogen-bond acceptors (Lipinski definition) is 5. The van der Waals surface area contributed by atoms with Crippen molar-refractivity contribution in [3.63, 3.8) is 0 Å². The molecule has 1 aliphatic rings. The summed E-state index contributed by atoms with van der Waals surface area (Å²) < 4.78 is 5.08. The average molecular weight is 227 g/mol. The van der Waals surface area contributed by atoms with Gasteiger partial charge in [-0.3, -0.25) is 9.59 Å². The lowest BCUT2D eigenvalue weighted by molar-refractivity contribution is -0.152. The second-order valence-corrected chi connectivity index (χ2v) is 3.25. The van der Waals surface area contributed by atoms with E-state index in [4.69, 9.17) is 15.1 Å². The van der Waals surface area contributed by atoms with Crippen LogP contribution in [-0.4, -0.2) is 60.8 Å². The molecule has 0 spiro atoms. The molecule has 88 valence electrons. The van der Waals surface area contributed by atoms with Crippen molar-refractivity contribution in [2.45, 2.75) is 6.04 Å². The number of aliphatic hydroxyl groups excluding tert-OH is 1. The van der Waals surface area contributed by atoms with Crippen LogP contribution in [0.3, 0.4) is 0 Å². The van der Waals surface area contributed by atoms with Gasteiger partial charge in [0, 0.05) is 6.54 Å². The molecule has 1 rings (SSSR count). The Kier molecular flexibility index (Phi) is 4.69. The van der Waals surface area contributed by atoms with E-state index in [2.05, 4.69) is 5.32 Å². The lowest BCUT2D eigenvalue weighted by Crippen LogP contribution is -2.54. The van der Waals surface area contributed by atoms with E-state index in [1.54, 1.807) is 6.07 Å². The summed E-state index contributed by atoms with van der Waals surface area (Å²) in [6.45, 7) is 0.363. The van der Waals surface area contributed by atoms with Crippen LogP contribution in [0.2, 0.25) is 0 Å². The van der Waals surface area contributed by atoms with E-state index in [1.807, 2.05) is 0 Å². The normalized spacial score (nSPS) is 20.0. The van der Waals surface area contributed by atoms with Gasteiger partial charge < -0.3 is 20.1 Å². The number of ether oxygens (including phenoxy) is 1. The van der Waals surface area contributed by atoms with Crippen LogP contribution in [-0.2, 0) is 14.3 Å². The Labute approximate surface area is 92.6 Å². The van der Waals surface area contributed by atoms with Gasteiger partial charge in [-0.15, -0.1) is 0 Å². The summed E-state index contributed by atoms with van der Waals surface area (Å²) in [5.74, 6) is -1.57. The minimum absolute atomic E-state index is 0.210. The van der Waals surface area contributed by atoms with Gasteiger partial charge in [-0.25, -0.2) is 0 Å². The standard InChI is InChI=1S/C9H13N3O4/c10-1-2-11-8(14)9(15)12-3-4-16-6-7(12)5-13/h7,13H,2-6H2,(H,11,14). The fourth-order valence-electron chi connectivity index (χ4n) is 1.40. The van der Waals surface area contributed by atoms with Crippen LogP contribution in [0.25, 0.3) is 0 Å². The third-order valence-corrected chi connectivity index (χ3v) is 2.22. The van der Waals surface area contributed by atoms with Gasteiger partial charge in [0.15, 0.2) is 0 Å². The summed E-state index contributed by atoms with van der Waals surface area (Å²) in [4.78, 5) is 24.2. The topological polar surface area (TPSA) is 103 Å². The van der Waals surface area contributed by atoms with Crippen molar-refractivity contribution in [2.75, 3.05) is 32.9 Å². The number of amides is 2. The molecule has 1 fully saturated rings. The van der Waals surface area contributed by atoms with Gasteiger partial charge in [0.2, 0.25) is 0 Å². The SMILES string of the molecule is N#CCNC(=O)C(=O)N1CCOCC1CO.